The second-order valence-corrected chi connectivity index (χ2v) is 5.42. The Balaban J connectivity index is 1.84. The van der Waals surface area contributed by atoms with E-state index in [-0.39, 0.29) is 6.10 Å². The summed E-state index contributed by atoms with van der Waals surface area (Å²) in [4.78, 5) is 0. The Morgan fingerprint density at radius 1 is 0.769 bits per heavy atom. The van der Waals surface area contributed by atoms with E-state index in [1.165, 1.54) is 38.5 Å². The Labute approximate surface area is 80.5 Å². The number of rotatable bonds is 0. The van der Waals surface area contributed by atoms with Crippen molar-refractivity contribution in [2.75, 3.05) is 0 Å². The Kier molecular flexibility index (Phi) is 1.90. The van der Waals surface area contributed by atoms with Crippen molar-refractivity contribution in [1.82, 2.24) is 0 Å². The number of aliphatic hydroxyl groups excluding tert-OH is 1. The molecule has 3 rings (SSSR count). The minimum Gasteiger partial charge on any atom is -0.393 e. The molecule has 1 nitrogen and oxygen atoms in total. The lowest BCUT2D eigenvalue weighted by Crippen LogP contribution is -2.38. The van der Waals surface area contributed by atoms with Gasteiger partial charge in [0, 0.05) is 0 Å². The molecule has 1 N–H and O–H groups in total. The van der Waals surface area contributed by atoms with Crippen LogP contribution in [0.4, 0.5) is 0 Å². The number of hydrogen-bond acceptors (Lipinski definition) is 1. The maximum Gasteiger partial charge on any atom is 0.0573 e. The smallest absolute Gasteiger partial charge is 0.0573 e. The summed E-state index contributed by atoms with van der Waals surface area (Å²) in [6.07, 6.45) is 9.63. The molecule has 0 saturated heterocycles. The maximum atomic E-state index is 10.0. The third kappa shape index (κ3) is 1.16. The van der Waals surface area contributed by atoms with Gasteiger partial charge in [0.15, 0.2) is 0 Å². The van der Waals surface area contributed by atoms with Crippen molar-refractivity contribution >= 4 is 0 Å². The number of hydrogen-bond donors (Lipinski definition) is 1. The van der Waals surface area contributed by atoms with E-state index in [2.05, 4.69) is 0 Å². The molecule has 0 aliphatic heterocycles. The lowest BCUT2D eigenvalue weighted by molar-refractivity contribution is -0.00595. The highest BCUT2D eigenvalue weighted by atomic mass is 16.3. The molecule has 3 aliphatic carbocycles. The first-order valence-electron chi connectivity index (χ1n) is 6.04. The molecule has 5 atom stereocenters. The van der Waals surface area contributed by atoms with Gasteiger partial charge in [0.25, 0.3) is 0 Å². The van der Waals surface area contributed by atoms with Gasteiger partial charge in [0.2, 0.25) is 0 Å². The Morgan fingerprint density at radius 2 is 1.46 bits per heavy atom. The Hall–Kier alpha value is -0.0400. The van der Waals surface area contributed by atoms with Gasteiger partial charge in [-0.25, -0.2) is 0 Å². The summed E-state index contributed by atoms with van der Waals surface area (Å²) >= 11 is 0. The van der Waals surface area contributed by atoms with Crippen LogP contribution >= 0.6 is 0 Å². The fourth-order valence-electron chi connectivity index (χ4n) is 4.43. The Morgan fingerprint density at radius 3 is 2.38 bits per heavy atom. The predicted molar refractivity (Wildman–Crippen MR) is 52.3 cm³/mol. The van der Waals surface area contributed by atoms with E-state index >= 15 is 0 Å². The van der Waals surface area contributed by atoms with Crippen LogP contribution in [0.2, 0.25) is 0 Å². The number of fused-ring (bicyclic) bond motifs is 3. The first-order valence-corrected chi connectivity index (χ1v) is 6.04. The lowest BCUT2D eigenvalue weighted by Gasteiger charge is -2.39. The molecule has 0 radical (unpaired) electrons. The topological polar surface area (TPSA) is 20.2 Å². The van der Waals surface area contributed by atoms with E-state index in [1.807, 2.05) is 0 Å². The van der Waals surface area contributed by atoms with Gasteiger partial charge in [-0.2, -0.15) is 0 Å². The van der Waals surface area contributed by atoms with Gasteiger partial charge in [-0.1, -0.05) is 19.3 Å². The van der Waals surface area contributed by atoms with Gasteiger partial charge in [-0.15, -0.1) is 0 Å². The molecule has 0 amide bonds. The van der Waals surface area contributed by atoms with Gasteiger partial charge in [0.05, 0.1) is 6.10 Å². The largest absolute Gasteiger partial charge is 0.393 e. The molecule has 0 spiro atoms. The van der Waals surface area contributed by atoms with E-state index in [1.54, 1.807) is 0 Å². The van der Waals surface area contributed by atoms with E-state index < -0.39 is 0 Å². The summed E-state index contributed by atoms with van der Waals surface area (Å²) in [5.74, 6) is 3.51. The second kappa shape index (κ2) is 2.98. The molecule has 0 bridgehead atoms. The van der Waals surface area contributed by atoms with Crippen LogP contribution < -0.4 is 0 Å². The van der Waals surface area contributed by atoms with Crippen LogP contribution in [0.5, 0.6) is 0 Å². The average molecular weight is 180 g/mol. The van der Waals surface area contributed by atoms with Gasteiger partial charge < -0.3 is 5.11 Å². The quantitative estimate of drug-likeness (QED) is 0.607. The number of aliphatic hydroxyl groups is 1. The molecule has 0 aromatic heterocycles. The molecular weight excluding hydrogens is 160 g/mol. The van der Waals surface area contributed by atoms with Crippen molar-refractivity contribution in [3.8, 4) is 0 Å². The van der Waals surface area contributed by atoms with Gasteiger partial charge in [0.1, 0.15) is 0 Å². The zero-order valence-electron chi connectivity index (χ0n) is 8.28. The molecule has 13 heavy (non-hydrogen) atoms. The molecular formula is C12H20O. The van der Waals surface area contributed by atoms with Crippen LogP contribution in [0, 0.1) is 23.7 Å². The van der Waals surface area contributed by atoms with E-state index in [0.717, 1.165) is 24.2 Å². The van der Waals surface area contributed by atoms with Crippen molar-refractivity contribution in [2.45, 2.75) is 51.0 Å². The fourth-order valence-corrected chi connectivity index (χ4v) is 4.43. The molecule has 3 fully saturated rings. The zero-order chi connectivity index (χ0) is 8.84. The summed E-state index contributed by atoms with van der Waals surface area (Å²) in [7, 11) is 0. The van der Waals surface area contributed by atoms with Crippen LogP contribution in [0.15, 0.2) is 0 Å². The third-order valence-electron chi connectivity index (χ3n) is 4.93. The normalized spacial score (nSPS) is 54.7. The fraction of sp³-hybridized carbons (Fsp3) is 1.00. The monoisotopic (exact) mass is 180 g/mol. The first kappa shape index (κ1) is 8.28. The highest BCUT2D eigenvalue weighted by Gasteiger charge is 2.47. The van der Waals surface area contributed by atoms with Gasteiger partial charge >= 0.3 is 0 Å². The van der Waals surface area contributed by atoms with Crippen LogP contribution in [0.1, 0.15) is 44.9 Å². The van der Waals surface area contributed by atoms with Crippen molar-refractivity contribution in [3.63, 3.8) is 0 Å². The highest BCUT2D eigenvalue weighted by Crippen LogP contribution is 2.53. The standard InChI is InChI=1S/C12H20O/c13-12-7-8-3-1-4-9(8)10-5-2-6-11(10)12/h8-13H,1-7H2/t8?,9?,10?,11?,12-/m1/s1. The van der Waals surface area contributed by atoms with Crippen LogP contribution in [0.25, 0.3) is 0 Å². The van der Waals surface area contributed by atoms with Crippen LogP contribution in [-0.2, 0) is 0 Å². The van der Waals surface area contributed by atoms with Crippen molar-refractivity contribution < 1.29 is 5.11 Å². The van der Waals surface area contributed by atoms with Crippen molar-refractivity contribution in [3.05, 3.63) is 0 Å². The SMILES string of the molecule is O[C@@H]1CC2CCCC2C2CCCC21. The summed E-state index contributed by atoms with van der Waals surface area (Å²) in [6.45, 7) is 0. The summed E-state index contributed by atoms with van der Waals surface area (Å²) in [5, 5.41) is 10.0. The highest BCUT2D eigenvalue weighted by molar-refractivity contribution is 4.97. The van der Waals surface area contributed by atoms with Crippen LogP contribution in [-0.4, -0.2) is 11.2 Å². The minimum absolute atomic E-state index is 0.0619. The lowest BCUT2D eigenvalue weighted by atomic mass is 9.68. The molecule has 4 unspecified atom stereocenters. The predicted octanol–water partition coefficient (Wildman–Crippen LogP) is 2.58. The zero-order valence-corrected chi connectivity index (χ0v) is 8.28. The average Bonchev–Trinajstić information content (AvgIpc) is 2.66. The molecule has 3 aliphatic rings. The summed E-state index contributed by atoms with van der Waals surface area (Å²) in [6, 6.07) is 0. The van der Waals surface area contributed by atoms with Gasteiger partial charge in [-0.3, -0.25) is 0 Å². The first-order chi connectivity index (χ1) is 6.36. The summed E-state index contributed by atoms with van der Waals surface area (Å²) in [5.41, 5.74) is 0. The molecule has 0 aromatic rings. The molecule has 3 saturated carbocycles. The second-order valence-electron chi connectivity index (χ2n) is 5.42. The summed E-state index contributed by atoms with van der Waals surface area (Å²) < 4.78 is 0. The third-order valence-corrected chi connectivity index (χ3v) is 4.93. The van der Waals surface area contributed by atoms with Crippen molar-refractivity contribution in [2.24, 2.45) is 23.7 Å². The van der Waals surface area contributed by atoms with E-state index in [9.17, 15) is 5.11 Å². The van der Waals surface area contributed by atoms with Crippen LogP contribution in [0.3, 0.4) is 0 Å². The van der Waals surface area contributed by atoms with Gasteiger partial charge in [-0.05, 0) is 49.4 Å². The molecule has 1 heteroatoms. The molecule has 74 valence electrons. The maximum absolute atomic E-state index is 10.0. The minimum atomic E-state index is 0.0619. The molecule has 0 heterocycles. The molecule has 0 aromatic carbocycles. The van der Waals surface area contributed by atoms with E-state index in [0.29, 0.717) is 5.92 Å². The van der Waals surface area contributed by atoms with Crippen molar-refractivity contribution in [1.29, 1.82) is 0 Å². The Bertz CT molecular complexity index is 201. The van der Waals surface area contributed by atoms with E-state index in [4.69, 9.17) is 0 Å².